The zero-order chi connectivity index (χ0) is 19.3. The highest BCUT2D eigenvalue weighted by molar-refractivity contribution is 5.65. The first-order valence-electron chi connectivity index (χ1n) is 11.5. The molecular formula is C26H29N3. The molecule has 1 aliphatic heterocycles. The summed E-state index contributed by atoms with van der Waals surface area (Å²) in [5, 5.41) is 0. The molecule has 8 rings (SSSR count). The molecular weight excluding hydrogens is 354 g/mol. The van der Waals surface area contributed by atoms with Gasteiger partial charge in [0.2, 0.25) is 0 Å². The number of hydrogen-bond acceptors (Lipinski definition) is 2. The third-order valence-corrected chi connectivity index (χ3v) is 8.88. The fourth-order valence-electron chi connectivity index (χ4n) is 8.18. The fourth-order valence-corrected chi connectivity index (χ4v) is 8.18. The highest BCUT2D eigenvalue weighted by Gasteiger charge is 2.66. The van der Waals surface area contributed by atoms with Gasteiger partial charge in [0.25, 0.3) is 0 Å². The first-order chi connectivity index (χ1) is 14.2. The van der Waals surface area contributed by atoms with Gasteiger partial charge in [0.05, 0.1) is 23.0 Å². The van der Waals surface area contributed by atoms with E-state index in [1.54, 1.807) is 0 Å². The van der Waals surface area contributed by atoms with Crippen molar-refractivity contribution in [2.24, 2.45) is 23.7 Å². The van der Waals surface area contributed by atoms with Gasteiger partial charge in [-0.05, 0) is 93.4 Å². The van der Waals surface area contributed by atoms with Gasteiger partial charge < -0.3 is 9.30 Å². The molecule has 1 spiro atoms. The second kappa shape index (κ2) is 5.44. The summed E-state index contributed by atoms with van der Waals surface area (Å²) < 4.78 is 2.45. The van der Waals surface area contributed by atoms with E-state index < -0.39 is 0 Å². The van der Waals surface area contributed by atoms with Crippen molar-refractivity contribution in [3.8, 4) is 0 Å². The van der Waals surface area contributed by atoms with Crippen molar-refractivity contribution in [1.29, 1.82) is 0 Å². The Bertz CT molecular complexity index is 1100. The maximum Gasteiger partial charge on any atom is 0.137 e. The number of aromatic nitrogens is 2. The number of imidazole rings is 1. The van der Waals surface area contributed by atoms with Crippen LogP contribution in [0.1, 0.15) is 62.0 Å². The normalized spacial score (nSPS) is 37.0. The Morgan fingerprint density at radius 2 is 1.59 bits per heavy atom. The van der Waals surface area contributed by atoms with E-state index in [9.17, 15) is 0 Å². The Hall–Kier alpha value is -2.29. The van der Waals surface area contributed by atoms with E-state index in [0.717, 1.165) is 29.3 Å². The maximum absolute atomic E-state index is 5.21. The molecule has 1 atom stereocenters. The molecule has 4 bridgehead atoms. The van der Waals surface area contributed by atoms with E-state index in [1.165, 1.54) is 54.7 Å². The van der Waals surface area contributed by atoms with Crippen molar-refractivity contribution < 1.29 is 0 Å². The number of rotatable bonds is 1. The Morgan fingerprint density at radius 1 is 0.897 bits per heavy atom. The molecule has 0 saturated heterocycles. The van der Waals surface area contributed by atoms with Gasteiger partial charge in [0.1, 0.15) is 5.65 Å². The lowest BCUT2D eigenvalue weighted by molar-refractivity contribution is -0.0623. The lowest BCUT2D eigenvalue weighted by atomic mass is 9.47. The molecule has 4 saturated carbocycles. The van der Waals surface area contributed by atoms with Crippen LogP contribution in [0.2, 0.25) is 0 Å². The Morgan fingerprint density at radius 3 is 2.31 bits per heavy atom. The number of para-hydroxylation sites is 1. The Balaban J connectivity index is 1.55. The first kappa shape index (κ1) is 16.5. The van der Waals surface area contributed by atoms with Crippen molar-refractivity contribution in [1.82, 2.24) is 9.38 Å². The van der Waals surface area contributed by atoms with Crippen LogP contribution < -0.4 is 4.90 Å². The summed E-state index contributed by atoms with van der Waals surface area (Å²) in [6, 6.07) is 15.9. The van der Waals surface area contributed by atoms with Gasteiger partial charge in [-0.15, -0.1) is 0 Å². The summed E-state index contributed by atoms with van der Waals surface area (Å²) in [4.78, 5) is 8.05. The molecule has 4 fully saturated rings. The molecule has 0 unspecified atom stereocenters. The van der Waals surface area contributed by atoms with E-state index in [0.29, 0.717) is 6.04 Å². The van der Waals surface area contributed by atoms with Crippen LogP contribution in [0.15, 0.2) is 48.7 Å². The molecule has 3 heteroatoms. The summed E-state index contributed by atoms with van der Waals surface area (Å²) in [6.07, 6.45) is 9.37. The van der Waals surface area contributed by atoms with Crippen LogP contribution in [-0.4, -0.2) is 9.38 Å². The standard InChI is InChI=1S/C26H29N3/c1-16-7-3-4-8-22(16)29-17(2)24-25(28-10-6-5-9-23(28)27-24)26(29)20-12-18-11-19(14-20)15-21(26)13-18/h3-10,17-21H,11-15H2,1-2H3/t17-,18?,19?,20?,21?,26?/m0/s1. The Kier molecular flexibility index (Phi) is 3.10. The number of fused-ring (bicyclic) bond motifs is 3. The van der Waals surface area contributed by atoms with E-state index >= 15 is 0 Å². The summed E-state index contributed by atoms with van der Waals surface area (Å²) in [5.74, 6) is 3.42. The lowest BCUT2D eigenvalue weighted by Crippen LogP contribution is -2.62. The molecule has 2 aromatic heterocycles. The molecule has 148 valence electrons. The van der Waals surface area contributed by atoms with Crippen molar-refractivity contribution in [2.45, 2.75) is 57.5 Å². The summed E-state index contributed by atoms with van der Waals surface area (Å²) in [5.41, 5.74) is 6.91. The number of pyridine rings is 1. The van der Waals surface area contributed by atoms with Gasteiger partial charge in [-0.25, -0.2) is 4.98 Å². The fraction of sp³-hybridized carbons (Fsp3) is 0.500. The SMILES string of the molecule is Cc1ccccc1N1[C@@H](C)c2nc3ccccn3c2C12C1CC3CC(C1)CC2C3. The largest absolute Gasteiger partial charge is 0.351 e. The molecule has 0 amide bonds. The zero-order valence-electron chi connectivity index (χ0n) is 17.4. The smallest absolute Gasteiger partial charge is 0.137 e. The highest BCUT2D eigenvalue weighted by atomic mass is 15.3. The predicted octanol–water partition coefficient (Wildman–Crippen LogP) is 5.88. The number of benzene rings is 1. The van der Waals surface area contributed by atoms with Crippen LogP contribution in [0.25, 0.3) is 5.65 Å². The molecule has 3 nitrogen and oxygen atoms in total. The van der Waals surface area contributed by atoms with Crippen LogP contribution in [0.3, 0.4) is 0 Å². The topological polar surface area (TPSA) is 20.5 Å². The van der Waals surface area contributed by atoms with E-state index in [2.05, 4.69) is 71.8 Å². The average molecular weight is 384 g/mol. The minimum Gasteiger partial charge on any atom is -0.351 e. The zero-order valence-corrected chi connectivity index (χ0v) is 17.4. The Labute approximate surface area is 172 Å². The molecule has 5 aliphatic rings. The van der Waals surface area contributed by atoms with Gasteiger partial charge in [-0.3, -0.25) is 0 Å². The monoisotopic (exact) mass is 383 g/mol. The third kappa shape index (κ3) is 1.88. The second-order valence-corrected chi connectivity index (χ2v) is 10.2. The quantitative estimate of drug-likeness (QED) is 0.523. The first-order valence-corrected chi connectivity index (χ1v) is 11.5. The lowest BCUT2D eigenvalue weighted by Gasteiger charge is -2.63. The van der Waals surface area contributed by atoms with Crippen molar-refractivity contribution >= 4 is 11.3 Å². The summed E-state index contributed by atoms with van der Waals surface area (Å²) in [7, 11) is 0. The van der Waals surface area contributed by atoms with Crippen molar-refractivity contribution in [2.75, 3.05) is 4.90 Å². The summed E-state index contributed by atoms with van der Waals surface area (Å²) >= 11 is 0. The molecule has 0 radical (unpaired) electrons. The van der Waals surface area contributed by atoms with Crippen molar-refractivity contribution in [3.63, 3.8) is 0 Å². The molecule has 4 aliphatic carbocycles. The van der Waals surface area contributed by atoms with Gasteiger partial charge in [-0.2, -0.15) is 0 Å². The van der Waals surface area contributed by atoms with E-state index in [1.807, 2.05) is 0 Å². The van der Waals surface area contributed by atoms with E-state index in [4.69, 9.17) is 4.98 Å². The molecule has 29 heavy (non-hydrogen) atoms. The van der Waals surface area contributed by atoms with Gasteiger partial charge in [-0.1, -0.05) is 24.3 Å². The van der Waals surface area contributed by atoms with Crippen LogP contribution >= 0.6 is 0 Å². The second-order valence-electron chi connectivity index (χ2n) is 10.2. The van der Waals surface area contributed by atoms with Gasteiger partial charge >= 0.3 is 0 Å². The average Bonchev–Trinajstić information content (AvgIpc) is 3.21. The number of aryl methyl sites for hydroxylation is 1. The van der Waals surface area contributed by atoms with Crippen LogP contribution in [0, 0.1) is 30.6 Å². The third-order valence-electron chi connectivity index (χ3n) is 8.88. The van der Waals surface area contributed by atoms with Gasteiger partial charge in [0, 0.05) is 11.9 Å². The van der Waals surface area contributed by atoms with E-state index in [-0.39, 0.29) is 5.54 Å². The molecule has 0 N–H and O–H groups in total. The summed E-state index contributed by atoms with van der Waals surface area (Å²) in [6.45, 7) is 4.69. The number of nitrogens with zero attached hydrogens (tertiary/aromatic N) is 3. The van der Waals surface area contributed by atoms with Crippen LogP contribution in [-0.2, 0) is 5.54 Å². The minimum absolute atomic E-state index is 0.106. The van der Waals surface area contributed by atoms with Gasteiger partial charge in [0.15, 0.2) is 0 Å². The van der Waals surface area contributed by atoms with Crippen LogP contribution in [0.5, 0.6) is 0 Å². The highest BCUT2D eigenvalue weighted by Crippen LogP contribution is 2.68. The molecule has 1 aromatic carbocycles. The van der Waals surface area contributed by atoms with Crippen LogP contribution in [0.4, 0.5) is 5.69 Å². The number of hydrogen-bond donors (Lipinski definition) is 0. The maximum atomic E-state index is 5.21. The minimum atomic E-state index is 0.106. The number of anilines is 1. The predicted molar refractivity (Wildman–Crippen MR) is 116 cm³/mol. The molecule has 3 aromatic rings. The van der Waals surface area contributed by atoms with Crippen molar-refractivity contribution in [3.05, 3.63) is 65.6 Å². The molecule has 3 heterocycles.